The Bertz CT molecular complexity index is 445. The quantitative estimate of drug-likeness (QED) is 0.893. The van der Waals surface area contributed by atoms with E-state index in [1.807, 2.05) is 0 Å². The zero-order chi connectivity index (χ0) is 13.8. The van der Waals surface area contributed by atoms with E-state index in [1.54, 1.807) is 20.3 Å². The summed E-state index contributed by atoms with van der Waals surface area (Å²) in [7, 11) is 3.14. The number of methoxy groups -OCH3 is 2. The molecule has 1 aromatic carbocycles. The highest BCUT2D eigenvalue weighted by Gasteiger charge is 2.22. The summed E-state index contributed by atoms with van der Waals surface area (Å²) in [6.45, 7) is 1.02. The highest BCUT2D eigenvalue weighted by atomic mass is 35.5. The average molecular weight is 286 g/mol. The van der Waals surface area contributed by atoms with Crippen LogP contribution in [-0.4, -0.2) is 31.9 Å². The molecule has 1 unspecified atom stereocenters. The Labute approximate surface area is 118 Å². The van der Waals surface area contributed by atoms with Gasteiger partial charge in [-0.2, -0.15) is 0 Å². The summed E-state index contributed by atoms with van der Waals surface area (Å²) in [5, 5.41) is 13.9. The van der Waals surface area contributed by atoms with Crippen LogP contribution in [0.1, 0.15) is 24.8 Å². The van der Waals surface area contributed by atoms with Gasteiger partial charge in [0.05, 0.1) is 19.2 Å². The van der Waals surface area contributed by atoms with Gasteiger partial charge in [-0.25, -0.2) is 0 Å². The number of nitrogens with one attached hydrogen (secondary N) is 1. The van der Waals surface area contributed by atoms with E-state index < -0.39 is 0 Å². The number of benzene rings is 1. The minimum absolute atomic E-state index is 0.0895. The lowest BCUT2D eigenvalue weighted by Gasteiger charge is -2.25. The van der Waals surface area contributed by atoms with E-state index in [0.717, 1.165) is 13.0 Å². The van der Waals surface area contributed by atoms with E-state index in [2.05, 4.69) is 5.32 Å². The number of phenols is 1. The van der Waals surface area contributed by atoms with Gasteiger partial charge >= 0.3 is 0 Å². The summed E-state index contributed by atoms with van der Waals surface area (Å²) >= 11 is 6.04. The largest absolute Gasteiger partial charge is 0.506 e. The maximum Gasteiger partial charge on any atom is 0.167 e. The molecular formula is C14H20ClNO3. The number of hydrogen-bond acceptors (Lipinski definition) is 4. The summed E-state index contributed by atoms with van der Waals surface area (Å²) in [5.41, 5.74) is 0.714. The predicted octanol–water partition coefficient (Wildman–Crippen LogP) is 2.75. The fourth-order valence-corrected chi connectivity index (χ4v) is 2.77. The molecule has 1 atom stereocenters. The Morgan fingerprint density at radius 1 is 1.37 bits per heavy atom. The third-order valence-corrected chi connectivity index (χ3v) is 3.84. The van der Waals surface area contributed by atoms with Gasteiger partial charge in [0.15, 0.2) is 11.5 Å². The molecule has 0 radical (unpaired) electrons. The van der Waals surface area contributed by atoms with Crippen LogP contribution in [0.5, 0.6) is 17.2 Å². The molecule has 0 spiro atoms. The molecule has 0 bridgehead atoms. The Hall–Kier alpha value is -1.13. The van der Waals surface area contributed by atoms with E-state index >= 15 is 0 Å². The fraction of sp³-hybridized carbons (Fsp3) is 0.571. The summed E-state index contributed by atoms with van der Waals surface area (Å²) < 4.78 is 10.6. The van der Waals surface area contributed by atoms with Crippen LogP contribution in [0.25, 0.3) is 0 Å². The van der Waals surface area contributed by atoms with Crippen LogP contribution in [0.15, 0.2) is 6.07 Å². The van der Waals surface area contributed by atoms with Crippen molar-refractivity contribution >= 4 is 11.6 Å². The number of halogens is 1. The van der Waals surface area contributed by atoms with E-state index in [9.17, 15) is 5.11 Å². The standard InChI is InChI=1S/C14H20ClNO3/c1-18-12-8-11(15)13(17)10(14(12)19-2)7-9-5-3-4-6-16-9/h8-9,16-17H,3-7H2,1-2H3. The van der Waals surface area contributed by atoms with E-state index in [0.29, 0.717) is 34.5 Å². The normalized spacial score (nSPS) is 19.2. The number of rotatable bonds is 4. The number of hydrogen-bond donors (Lipinski definition) is 2. The maximum absolute atomic E-state index is 10.2. The third kappa shape index (κ3) is 3.07. The van der Waals surface area contributed by atoms with Gasteiger partial charge in [-0.15, -0.1) is 0 Å². The molecule has 0 saturated carbocycles. The molecule has 1 saturated heterocycles. The molecule has 1 aromatic rings. The van der Waals surface area contributed by atoms with Crippen molar-refractivity contribution in [1.29, 1.82) is 0 Å². The van der Waals surface area contributed by atoms with Crippen molar-refractivity contribution in [3.8, 4) is 17.2 Å². The zero-order valence-corrected chi connectivity index (χ0v) is 12.1. The Morgan fingerprint density at radius 3 is 2.74 bits per heavy atom. The highest BCUT2D eigenvalue weighted by molar-refractivity contribution is 6.32. The number of ether oxygens (including phenoxy) is 2. The molecule has 4 nitrogen and oxygen atoms in total. The highest BCUT2D eigenvalue weighted by Crippen LogP contribution is 2.43. The van der Waals surface area contributed by atoms with Gasteiger partial charge < -0.3 is 19.9 Å². The summed E-state index contributed by atoms with van der Waals surface area (Å²) in [5.74, 6) is 1.21. The second-order valence-electron chi connectivity index (χ2n) is 4.77. The molecule has 1 aliphatic heterocycles. The van der Waals surface area contributed by atoms with Crippen molar-refractivity contribution in [2.24, 2.45) is 0 Å². The lowest BCUT2D eigenvalue weighted by atomic mass is 9.96. The van der Waals surface area contributed by atoms with Crippen molar-refractivity contribution in [2.75, 3.05) is 20.8 Å². The predicted molar refractivity (Wildman–Crippen MR) is 75.6 cm³/mol. The molecule has 2 N–H and O–H groups in total. The Morgan fingerprint density at radius 2 is 2.16 bits per heavy atom. The molecule has 0 aromatic heterocycles. The van der Waals surface area contributed by atoms with E-state index in [4.69, 9.17) is 21.1 Å². The number of piperidine rings is 1. The second kappa shape index (κ2) is 6.35. The first kappa shape index (κ1) is 14.3. The van der Waals surface area contributed by atoms with Gasteiger partial charge in [-0.05, 0) is 25.8 Å². The third-order valence-electron chi connectivity index (χ3n) is 3.55. The molecule has 1 aliphatic rings. The first-order valence-electron chi connectivity index (χ1n) is 6.53. The fourth-order valence-electron chi connectivity index (χ4n) is 2.56. The maximum atomic E-state index is 10.2. The van der Waals surface area contributed by atoms with Crippen LogP contribution >= 0.6 is 11.6 Å². The smallest absolute Gasteiger partial charge is 0.167 e. The molecule has 2 rings (SSSR count). The monoisotopic (exact) mass is 285 g/mol. The molecule has 1 fully saturated rings. The van der Waals surface area contributed by atoms with Gasteiger partial charge in [0.2, 0.25) is 0 Å². The van der Waals surface area contributed by atoms with Crippen LogP contribution < -0.4 is 14.8 Å². The van der Waals surface area contributed by atoms with Crippen LogP contribution in [0.4, 0.5) is 0 Å². The molecule has 5 heteroatoms. The van der Waals surface area contributed by atoms with Crippen molar-refractivity contribution in [3.05, 3.63) is 16.7 Å². The summed E-state index contributed by atoms with van der Waals surface area (Å²) in [4.78, 5) is 0. The first-order valence-corrected chi connectivity index (χ1v) is 6.90. The van der Waals surface area contributed by atoms with Gasteiger partial charge in [0.1, 0.15) is 5.75 Å². The van der Waals surface area contributed by atoms with Crippen LogP contribution in [0, 0.1) is 0 Å². The van der Waals surface area contributed by atoms with E-state index in [-0.39, 0.29) is 5.75 Å². The Kier molecular flexibility index (Phi) is 4.77. The Balaban J connectivity index is 2.33. The van der Waals surface area contributed by atoms with Crippen LogP contribution in [-0.2, 0) is 6.42 Å². The minimum Gasteiger partial charge on any atom is -0.506 e. The van der Waals surface area contributed by atoms with Crippen molar-refractivity contribution in [2.45, 2.75) is 31.7 Å². The SMILES string of the molecule is COc1cc(Cl)c(O)c(CC2CCCCN2)c1OC. The molecule has 0 aliphatic carbocycles. The molecule has 0 amide bonds. The molecular weight excluding hydrogens is 266 g/mol. The average Bonchev–Trinajstić information content (AvgIpc) is 2.44. The van der Waals surface area contributed by atoms with Gasteiger partial charge in [-0.3, -0.25) is 0 Å². The van der Waals surface area contributed by atoms with Crippen molar-refractivity contribution in [3.63, 3.8) is 0 Å². The summed E-state index contributed by atoms with van der Waals surface area (Å²) in [6.07, 6.45) is 4.19. The topological polar surface area (TPSA) is 50.7 Å². The van der Waals surface area contributed by atoms with Crippen LogP contribution in [0.3, 0.4) is 0 Å². The molecule has 19 heavy (non-hydrogen) atoms. The van der Waals surface area contributed by atoms with Gasteiger partial charge in [-0.1, -0.05) is 18.0 Å². The number of phenolic OH excluding ortho intramolecular Hbond substituents is 1. The van der Waals surface area contributed by atoms with Gasteiger partial charge in [0, 0.05) is 17.7 Å². The summed E-state index contributed by atoms with van der Waals surface area (Å²) in [6, 6.07) is 1.92. The zero-order valence-electron chi connectivity index (χ0n) is 11.3. The van der Waals surface area contributed by atoms with Crippen LogP contribution in [0.2, 0.25) is 5.02 Å². The first-order chi connectivity index (χ1) is 9.17. The van der Waals surface area contributed by atoms with Gasteiger partial charge in [0.25, 0.3) is 0 Å². The lowest BCUT2D eigenvalue weighted by molar-refractivity contribution is 0.339. The molecule has 106 valence electrons. The number of aromatic hydroxyl groups is 1. The molecule has 1 heterocycles. The van der Waals surface area contributed by atoms with E-state index in [1.165, 1.54) is 12.8 Å². The van der Waals surface area contributed by atoms with Crippen molar-refractivity contribution in [1.82, 2.24) is 5.32 Å². The second-order valence-corrected chi connectivity index (χ2v) is 5.18. The minimum atomic E-state index is 0.0895. The lowest BCUT2D eigenvalue weighted by Crippen LogP contribution is -2.35. The van der Waals surface area contributed by atoms with Crippen molar-refractivity contribution < 1.29 is 14.6 Å².